The van der Waals surface area contributed by atoms with E-state index in [-0.39, 0.29) is 5.91 Å². The number of hydrogen-bond donors (Lipinski definition) is 2. The zero-order valence-electron chi connectivity index (χ0n) is 10.1. The summed E-state index contributed by atoms with van der Waals surface area (Å²) in [6, 6.07) is 12.7. The van der Waals surface area contributed by atoms with Gasteiger partial charge in [-0.05, 0) is 31.2 Å². The molecule has 0 radical (unpaired) electrons. The third-order valence-corrected chi connectivity index (χ3v) is 2.50. The number of hydrogen-bond acceptors (Lipinski definition) is 3. The summed E-state index contributed by atoms with van der Waals surface area (Å²) in [5.41, 5.74) is 8.06. The Morgan fingerprint density at radius 3 is 2.78 bits per heavy atom. The second-order valence-corrected chi connectivity index (χ2v) is 4.07. The van der Waals surface area contributed by atoms with Crippen LogP contribution < -0.4 is 11.1 Å². The first-order chi connectivity index (χ1) is 8.66. The number of rotatable bonds is 3. The highest BCUT2D eigenvalue weighted by Crippen LogP contribution is 2.20. The van der Waals surface area contributed by atoms with Gasteiger partial charge in [-0.3, -0.25) is 9.78 Å². The molecule has 1 heterocycles. The Morgan fingerprint density at radius 2 is 2.11 bits per heavy atom. The predicted molar refractivity (Wildman–Crippen MR) is 72.0 cm³/mol. The van der Waals surface area contributed by atoms with Crippen molar-refractivity contribution in [1.82, 2.24) is 4.98 Å². The Hall–Kier alpha value is -2.20. The largest absolute Gasteiger partial charge is 0.325 e. The maximum Gasteiger partial charge on any atom is 0.240 e. The zero-order valence-corrected chi connectivity index (χ0v) is 10.1. The molecule has 0 bridgehead atoms. The molecular formula is C14H15N3O. The molecule has 92 valence electrons. The molecule has 0 aliphatic carbocycles. The van der Waals surface area contributed by atoms with Crippen molar-refractivity contribution < 1.29 is 4.79 Å². The van der Waals surface area contributed by atoms with Crippen molar-refractivity contribution in [2.75, 3.05) is 5.32 Å². The van der Waals surface area contributed by atoms with E-state index in [0.29, 0.717) is 0 Å². The molecule has 1 aromatic carbocycles. The summed E-state index contributed by atoms with van der Waals surface area (Å²) in [6.07, 6.45) is 1.74. The van der Waals surface area contributed by atoms with Gasteiger partial charge in [0, 0.05) is 17.4 Å². The molecule has 0 fully saturated rings. The minimum absolute atomic E-state index is 0.201. The average Bonchev–Trinajstić information content (AvgIpc) is 2.40. The molecule has 18 heavy (non-hydrogen) atoms. The first-order valence-corrected chi connectivity index (χ1v) is 5.75. The highest BCUT2D eigenvalue weighted by molar-refractivity contribution is 5.94. The summed E-state index contributed by atoms with van der Waals surface area (Å²) in [5.74, 6) is -0.201. The lowest BCUT2D eigenvalue weighted by molar-refractivity contribution is -0.117. The quantitative estimate of drug-likeness (QED) is 0.864. The molecule has 0 spiro atoms. The van der Waals surface area contributed by atoms with E-state index in [0.717, 1.165) is 16.9 Å². The van der Waals surface area contributed by atoms with Gasteiger partial charge in [0.25, 0.3) is 0 Å². The number of nitrogens with one attached hydrogen (secondary N) is 1. The smallest absolute Gasteiger partial charge is 0.240 e. The minimum Gasteiger partial charge on any atom is -0.325 e. The number of carbonyl (C=O) groups excluding carboxylic acids is 1. The lowest BCUT2D eigenvalue weighted by atomic mass is 10.1. The van der Waals surface area contributed by atoms with Gasteiger partial charge in [0.1, 0.15) is 0 Å². The van der Waals surface area contributed by atoms with Gasteiger partial charge >= 0.3 is 0 Å². The van der Waals surface area contributed by atoms with Crippen LogP contribution in [0.4, 0.5) is 5.69 Å². The van der Waals surface area contributed by atoms with Gasteiger partial charge in [0.05, 0.1) is 11.7 Å². The number of anilines is 1. The molecule has 4 heteroatoms. The first kappa shape index (κ1) is 12.3. The lowest BCUT2D eigenvalue weighted by Crippen LogP contribution is -2.32. The Balaban J connectivity index is 2.23. The van der Waals surface area contributed by atoms with Gasteiger partial charge in [-0.25, -0.2) is 0 Å². The van der Waals surface area contributed by atoms with Crippen LogP contribution >= 0.6 is 0 Å². The Labute approximate surface area is 106 Å². The molecule has 2 aromatic rings. The Morgan fingerprint density at radius 1 is 1.28 bits per heavy atom. The molecule has 0 saturated heterocycles. The monoisotopic (exact) mass is 241 g/mol. The van der Waals surface area contributed by atoms with Crippen LogP contribution in [0.1, 0.15) is 6.92 Å². The number of amides is 1. The Bertz CT molecular complexity index is 538. The molecular weight excluding hydrogens is 226 g/mol. The van der Waals surface area contributed by atoms with E-state index in [1.807, 2.05) is 42.5 Å². The standard InChI is InChI=1S/C14H15N3O/c1-10(15)14(18)17-12-6-4-5-11(9-12)13-7-2-3-8-16-13/h2-10H,15H2,1H3,(H,17,18). The van der Waals surface area contributed by atoms with Gasteiger partial charge in [-0.2, -0.15) is 0 Å². The highest BCUT2D eigenvalue weighted by atomic mass is 16.2. The van der Waals surface area contributed by atoms with Gasteiger partial charge < -0.3 is 11.1 Å². The topological polar surface area (TPSA) is 68.0 Å². The van der Waals surface area contributed by atoms with E-state index in [9.17, 15) is 4.79 Å². The molecule has 1 atom stereocenters. The van der Waals surface area contributed by atoms with Gasteiger partial charge in [0.15, 0.2) is 0 Å². The SMILES string of the molecule is CC(N)C(=O)Nc1cccc(-c2ccccn2)c1. The summed E-state index contributed by atoms with van der Waals surface area (Å²) in [7, 11) is 0. The van der Waals surface area contributed by atoms with Crippen molar-refractivity contribution >= 4 is 11.6 Å². The molecule has 0 saturated carbocycles. The van der Waals surface area contributed by atoms with Crippen LogP contribution in [0.15, 0.2) is 48.7 Å². The third-order valence-electron chi connectivity index (χ3n) is 2.50. The van der Waals surface area contributed by atoms with Crippen LogP contribution in [0.3, 0.4) is 0 Å². The minimum atomic E-state index is -0.525. The van der Waals surface area contributed by atoms with E-state index >= 15 is 0 Å². The summed E-state index contributed by atoms with van der Waals surface area (Å²) >= 11 is 0. The molecule has 2 rings (SSSR count). The fourth-order valence-corrected chi connectivity index (χ4v) is 1.55. The van der Waals surface area contributed by atoms with Crippen molar-refractivity contribution in [3.05, 3.63) is 48.7 Å². The van der Waals surface area contributed by atoms with Crippen LogP contribution in [0.2, 0.25) is 0 Å². The normalized spacial score (nSPS) is 11.9. The van der Waals surface area contributed by atoms with Crippen LogP contribution in [0, 0.1) is 0 Å². The van der Waals surface area contributed by atoms with Crippen LogP contribution in [0.5, 0.6) is 0 Å². The van der Waals surface area contributed by atoms with Gasteiger partial charge in [0.2, 0.25) is 5.91 Å². The van der Waals surface area contributed by atoms with E-state index in [1.165, 1.54) is 0 Å². The fourth-order valence-electron chi connectivity index (χ4n) is 1.55. The first-order valence-electron chi connectivity index (χ1n) is 5.75. The van der Waals surface area contributed by atoms with Crippen LogP contribution in [-0.4, -0.2) is 16.9 Å². The summed E-state index contributed by atoms with van der Waals surface area (Å²) < 4.78 is 0. The summed E-state index contributed by atoms with van der Waals surface area (Å²) in [6.45, 7) is 1.65. The number of aromatic nitrogens is 1. The maximum absolute atomic E-state index is 11.5. The van der Waals surface area contributed by atoms with E-state index in [4.69, 9.17) is 5.73 Å². The summed E-state index contributed by atoms with van der Waals surface area (Å²) in [5, 5.41) is 2.76. The number of carbonyl (C=O) groups is 1. The highest BCUT2D eigenvalue weighted by Gasteiger charge is 2.08. The van der Waals surface area contributed by atoms with Gasteiger partial charge in [-0.15, -0.1) is 0 Å². The maximum atomic E-state index is 11.5. The predicted octanol–water partition coefficient (Wildman–Crippen LogP) is 2.03. The van der Waals surface area contributed by atoms with E-state index in [2.05, 4.69) is 10.3 Å². The van der Waals surface area contributed by atoms with Crippen molar-refractivity contribution in [3.8, 4) is 11.3 Å². The van der Waals surface area contributed by atoms with E-state index in [1.54, 1.807) is 13.1 Å². The molecule has 4 nitrogen and oxygen atoms in total. The fraction of sp³-hybridized carbons (Fsp3) is 0.143. The van der Waals surface area contributed by atoms with Crippen LogP contribution in [0.25, 0.3) is 11.3 Å². The van der Waals surface area contributed by atoms with Crippen molar-refractivity contribution in [2.45, 2.75) is 13.0 Å². The number of pyridine rings is 1. The number of nitrogens with two attached hydrogens (primary N) is 1. The molecule has 1 aromatic heterocycles. The second kappa shape index (κ2) is 5.42. The molecule has 1 amide bonds. The van der Waals surface area contributed by atoms with Gasteiger partial charge in [-0.1, -0.05) is 18.2 Å². The number of nitrogens with zero attached hydrogens (tertiary/aromatic N) is 1. The molecule has 0 aliphatic rings. The van der Waals surface area contributed by atoms with Crippen molar-refractivity contribution in [1.29, 1.82) is 0 Å². The zero-order chi connectivity index (χ0) is 13.0. The van der Waals surface area contributed by atoms with Crippen molar-refractivity contribution in [3.63, 3.8) is 0 Å². The van der Waals surface area contributed by atoms with E-state index < -0.39 is 6.04 Å². The second-order valence-electron chi connectivity index (χ2n) is 4.07. The van der Waals surface area contributed by atoms with Crippen LogP contribution in [-0.2, 0) is 4.79 Å². The molecule has 1 unspecified atom stereocenters. The molecule has 3 N–H and O–H groups in total. The lowest BCUT2D eigenvalue weighted by Gasteiger charge is -2.09. The third kappa shape index (κ3) is 2.93. The molecule has 0 aliphatic heterocycles. The number of benzene rings is 1. The summed E-state index contributed by atoms with van der Waals surface area (Å²) in [4.78, 5) is 15.8. The average molecular weight is 241 g/mol. The van der Waals surface area contributed by atoms with Crippen molar-refractivity contribution in [2.24, 2.45) is 5.73 Å². The Kier molecular flexibility index (Phi) is 3.69.